The third kappa shape index (κ3) is 3.78. The first kappa shape index (κ1) is 15.0. The van der Waals surface area contributed by atoms with Gasteiger partial charge in [0.05, 0.1) is 18.8 Å². The highest BCUT2D eigenvalue weighted by Gasteiger charge is 2.16. The molecule has 0 aliphatic carbocycles. The van der Waals surface area contributed by atoms with Crippen molar-refractivity contribution in [3.8, 4) is 5.88 Å². The Morgan fingerprint density at radius 1 is 1.38 bits per heavy atom. The van der Waals surface area contributed by atoms with E-state index in [1.807, 2.05) is 32.0 Å². The molecule has 1 atom stereocenters. The van der Waals surface area contributed by atoms with Gasteiger partial charge in [0, 0.05) is 23.5 Å². The average molecular weight is 285 g/mol. The predicted molar refractivity (Wildman–Crippen MR) is 80.3 cm³/mol. The molecule has 0 unspecified atom stereocenters. The lowest BCUT2D eigenvalue weighted by atomic mass is 10.1. The number of aryl methyl sites for hydroxylation is 1. The number of rotatable bonds is 5. The Labute approximate surface area is 124 Å². The van der Waals surface area contributed by atoms with Gasteiger partial charge in [0.1, 0.15) is 0 Å². The van der Waals surface area contributed by atoms with Gasteiger partial charge in [-0.1, -0.05) is 13.0 Å². The molecule has 0 bridgehead atoms. The van der Waals surface area contributed by atoms with E-state index in [1.165, 1.54) is 7.11 Å². The molecule has 5 nitrogen and oxygen atoms in total. The van der Waals surface area contributed by atoms with Crippen LogP contribution in [0.1, 0.15) is 41.1 Å². The second kappa shape index (κ2) is 6.83. The number of nitrogens with one attached hydrogen (secondary N) is 1. The molecular formula is C16H19N3O2. The highest BCUT2D eigenvalue weighted by Crippen LogP contribution is 2.16. The van der Waals surface area contributed by atoms with Crippen molar-refractivity contribution in [2.45, 2.75) is 26.3 Å². The first-order valence-corrected chi connectivity index (χ1v) is 6.88. The van der Waals surface area contributed by atoms with Crippen molar-refractivity contribution >= 4 is 5.91 Å². The second-order valence-corrected chi connectivity index (χ2v) is 4.73. The van der Waals surface area contributed by atoms with E-state index >= 15 is 0 Å². The van der Waals surface area contributed by atoms with Crippen molar-refractivity contribution < 1.29 is 9.53 Å². The lowest BCUT2D eigenvalue weighted by Crippen LogP contribution is -2.28. The number of hydrogen-bond acceptors (Lipinski definition) is 4. The van der Waals surface area contributed by atoms with Crippen LogP contribution in [0, 0.1) is 6.92 Å². The number of carbonyl (C=O) groups excluding carboxylic acids is 1. The van der Waals surface area contributed by atoms with Crippen LogP contribution in [-0.4, -0.2) is 23.0 Å². The van der Waals surface area contributed by atoms with E-state index in [2.05, 4.69) is 15.3 Å². The first-order chi connectivity index (χ1) is 10.1. The molecular weight excluding hydrogens is 266 g/mol. The molecule has 2 rings (SSSR count). The zero-order valence-electron chi connectivity index (χ0n) is 12.5. The molecule has 0 fully saturated rings. The maximum absolute atomic E-state index is 12.3. The number of nitrogens with zero attached hydrogens (tertiary/aromatic N) is 2. The Morgan fingerprint density at radius 2 is 2.19 bits per heavy atom. The molecule has 2 aromatic heterocycles. The smallest absolute Gasteiger partial charge is 0.252 e. The standard InChI is InChI=1S/C16H19N3O2/c1-4-13(14-7-5-6-11(2)18-14)19-16(20)12-8-9-17-15(10-12)21-3/h5-10,13H,4H2,1-3H3,(H,19,20)/t13-/m0/s1. The summed E-state index contributed by atoms with van der Waals surface area (Å²) in [5.41, 5.74) is 2.32. The summed E-state index contributed by atoms with van der Waals surface area (Å²) >= 11 is 0. The van der Waals surface area contributed by atoms with Gasteiger partial charge in [0.15, 0.2) is 0 Å². The fraction of sp³-hybridized carbons (Fsp3) is 0.312. The highest BCUT2D eigenvalue weighted by molar-refractivity contribution is 5.94. The molecule has 0 spiro atoms. The van der Waals surface area contributed by atoms with Gasteiger partial charge in [-0.2, -0.15) is 0 Å². The molecule has 2 heterocycles. The molecule has 2 aromatic rings. The van der Waals surface area contributed by atoms with Crippen LogP contribution in [0.3, 0.4) is 0 Å². The van der Waals surface area contributed by atoms with Crippen molar-refractivity contribution in [2.24, 2.45) is 0 Å². The van der Waals surface area contributed by atoms with E-state index < -0.39 is 0 Å². The van der Waals surface area contributed by atoms with Crippen molar-refractivity contribution in [1.82, 2.24) is 15.3 Å². The molecule has 0 radical (unpaired) electrons. The number of pyridine rings is 2. The molecule has 0 aliphatic rings. The van der Waals surface area contributed by atoms with Crippen LogP contribution in [0.25, 0.3) is 0 Å². The van der Waals surface area contributed by atoms with Crippen LogP contribution in [0.4, 0.5) is 0 Å². The number of ether oxygens (including phenoxy) is 1. The van der Waals surface area contributed by atoms with Gasteiger partial charge in [-0.3, -0.25) is 9.78 Å². The SMILES string of the molecule is CC[C@H](NC(=O)c1ccnc(OC)c1)c1cccc(C)n1. The van der Waals surface area contributed by atoms with E-state index in [1.54, 1.807) is 18.3 Å². The van der Waals surface area contributed by atoms with Gasteiger partial charge in [-0.25, -0.2) is 4.98 Å². The maximum Gasteiger partial charge on any atom is 0.252 e. The van der Waals surface area contributed by atoms with Gasteiger partial charge in [0.2, 0.25) is 5.88 Å². The summed E-state index contributed by atoms with van der Waals surface area (Å²) in [4.78, 5) is 20.8. The van der Waals surface area contributed by atoms with Crippen LogP contribution in [0.5, 0.6) is 5.88 Å². The summed E-state index contributed by atoms with van der Waals surface area (Å²) in [6.45, 7) is 3.95. The summed E-state index contributed by atoms with van der Waals surface area (Å²) in [6, 6.07) is 8.97. The molecule has 1 amide bonds. The lowest BCUT2D eigenvalue weighted by molar-refractivity contribution is 0.0934. The molecule has 0 saturated carbocycles. The van der Waals surface area contributed by atoms with Gasteiger partial charge >= 0.3 is 0 Å². The molecule has 0 aliphatic heterocycles. The lowest BCUT2D eigenvalue weighted by Gasteiger charge is -2.17. The van der Waals surface area contributed by atoms with E-state index in [9.17, 15) is 4.79 Å². The maximum atomic E-state index is 12.3. The third-order valence-corrected chi connectivity index (χ3v) is 3.19. The Hall–Kier alpha value is -2.43. The normalized spacial score (nSPS) is 11.8. The minimum Gasteiger partial charge on any atom is -0.481 e. The summed E-state index contributed by atoms with van der Waals surface area (Å²) in [7, 11) is 1.52. The van der Waals surface area contributed by atoms with Crippen LogP contribution in [0.15, 0.2) is 36.5 Å². The van der Waals surface area contributed by atoms with Gasteiger partial charge in [0.25, 0.3) is 5.91 Å². The minimum absolute atomic E-state index is 0.114. The van der Waals surface area contributed by atoms with E-state index in [-0.39, 0.29) is 11.9 Å². The number of amides is 1. The molecule has 1 N–H and O–H groups in total. The minimum atomic E-state index is -0.161. The monoisotopic (exact) mass is 285 g/mol. The Balaban J connectivity index is 2.16. The van der Waals surface area contributed by atoms with Crippen LogP contribution < -0.4 is 10.1 Å². The number of carbonyl (C=O) groups is 1. The fourth-order valence-corrected chi connectivity index (χ4v) is 2.05. The third-order valence-electron chi connectivity index (χ3n) is 3.19. The van der Waals surface area contributed by atoms with E-state index in [0.29, 0.717) is 11.4 Å². The summed E-state index contributed by atoms with van der Waals surface area (Å²) < 4.78 is 5.03. The fourth-order valence-electron chi connectivity index (χ4n) is 2.05. The zero-order chi connectivity index (χ0) is 15.2. The van der Waals surface area contributed by atoms with Crippen molar-refractivity contribution in [3.05, 3.63) is 53.5 Å². The van der Waals surface area contributed by atoms with Gasteiger partial charge < -0.3 is 10.1 Å². The highest BCUT2D eigenvalue weighted by atomic mass is 16.5. The summed E-state index contributed by atoms with van der Waals surface area (Å²) in [5, 5.41) is 2.99. The second-order valence-electron chi connectivity index (χ2n) is 4.73. The summed E-state index contributed by atoms with van der Waals surface area (Å²) in [6.07, 6.45) is 2.32. The van der Waals surface area contributed by atoms with Crippen molar-refractivity contribution in [1.29, 1.82) is 0 Å². The molecule has 5 heteroatoms. The Kier molecular flexibility index (Phi) is 4.87. The number of hydrogen-bond donors (Lipinski definition) is 1. The van der Waals surface area contributed by atoms with Crippen LogP contribution >= 0.6 is 0 Å². The summed E-state index contributed by atoms with van der Waals surface area (Å²) in [5.74, 6) is 0.259. The Bertz CT molecular complexity index is 628. The van der Waals surface area contributed by atoms with Gasteiger partial charge in [-0.15, -0.1) is 0 Å². The zero-order valence-corrected chi connectivity index (χ0v) is 12.5. The Morgan fingerprint density at radius 3 is 2.86 bits per heavy atom. The molecule has 0 aromatic carbocycles. The largest absolute Gasteiger partial charge is 0.481 e. The number of aromatic nitrogens is 2. The van der Waals surface area contributed by atoms with Crippen molar-refractivity contribution in [2.75, 3.05) is 7.11 Å². The van der Waals surface area contributed by atoms with Gasteiger partial charge in [-0.05, 0) is 31.5 Å². The first-order valence-electron chi connectivity index (χ1n) is 6.88. The van der Waals surface area contributed by atoms with Crippen LogP contribution in [0.2, 0.25) is 0 Å². The molecule has 21 heavy (non-hydrogen) atoms. The molecule has 0 saturated heterocycles. The number of methoxy groups -OCH3 is 1. The predicted octanol–water partition coefficient (Wildman–Crippen LogP) is 2.67. The van der Waals surface area contributed by atoms with Crippen LogP contribution in [-0.2, 0) is 0 Å². The quantitative estimate of drug-likeness (QED) is 0.917. The average Bonchev–Trinajstić information content (AvgIpc) is 2.52. The van der Waals surface area contributed by atoms with E-state index in [0.717, 1.165) is 17.8 Å². The molecule has 110 valence electrons. The topological polar surface area (TPSA) is 64.1 Å². The van der Waals surface area contributed by atoms with Crippen molar-refractivity contribution in [3.63, 3.8) is 0 Å². The van der Waals surface area contributed by atoms with E-state index in [4.69, 9.17) is 4.74 Å².